The molecule has 0 aliphatic carbocycles. The Kier molecular flexibility index (Phi) is 7.75. The van der Waals surface area contributed by atoms with Gasteiger partial charge >= 0.3 is 5.97 Å². The molecule has 1 aromatic carbocycles. The lowest BCUT2D eigenvalue weighted by Gasteiger charge is -2.07. The molecule has 0 unspecified atom stereocenters. The standard InChI is InChI=1S/C14H19NO4S/c1-19-7-5-13(16)15-12-4-2-3-11(9-12)10-20-8-6-14(17)18/h2-4,9H,5-8,10H2,1H3,(H,15,16)(H,17,18). The molecule has 1 aromatic rings. The van der Waals surface area contributed by atoms with Gasteiger partial charge in [0.05, 0.1) is 19.4 Å². The number of carboxylic acid groups (broad SMARTS) is 1. The number of rotatable bonds is 9. The molecule has 110 valence electrons. The number of benzene rings is 1. The zero-order chi connectivity index (χ0) is 14.8. The van der Waals surface area contributed by atoms with E-state index in [0.29, 0.717) is 18.8 Å². The monoisotopic (exact) mass is 297 g/mol. The van der Waals surface area contributed by atoms with E-state index < -0.39 is 5.97 Å². The molecule has 0 saturated carbocycles. The maximum Gasteiger partial charge on any atom is 0.304 e. The van der Waals surface area contributed by atoms with Crippen LogP contribution >= 0.6 is 11.8 Å². The molecular formula is C14H19NO4S. The fraction of sp³-hybridized carbons (Fsp3) is 0.429. The van der Waals surface area contributed by atoms with Crippen molar-refractivity contribution in [1.82, 2.24) is 0 Å². The molecule has 0 saturated heterocycles. The summed E-state index contributed by atoms with van der Waals surface area (Å²) in [5.74, 6) is 0.452. The highest BCUT2D eigenvalue weighted by molar-refractivity contribution is 7.98. The van der Waals surface area contributed by atoms with Gasteiger partial charge in [-0.2, -0.15) is 11.8 Å². The molecule has 1 rings (SSSR count). The van der Waals surface area contributed by atoms with Crippen LogP contribution in [0, 0.1) is 0 Å². The van der Waals surface area contributed by atoms with Gasteiger partial charge in [-0.05, 0) is 17.7 Å². The number of nitrogens with one attached hydrogen (secondary N) is 1. The molecule has 0 aromatic heterocycles. The van der Waals surface area contributed by atoms with E-state index in [1.165, 1.54) is 0 Å². The van der Waals surface area contributed by atoms with Crippen LogP contribution < -0.4 is 5.32 Å². The van der Waals surface area contributed by atoms with Crippen LogP contribution in [0.4, 0.5) is 5.69 Å². The van der Waals surface area contributed by atoms with E-state index in [2.05, 4.69) is 5.32 Å². The highest BCUT2D eigenvalue weighted by atomic mass is 32.2. The first-order chi connectivity index (χ1) is 9.61. The maximum absolute atomic E-state index is 11.6. The molecule has 0 radical (unpaired) electrons. The van der Waals surface area contributed by atoms with Crippen LogP contribution in [0.3, 0.4) is 0 Å². The molecule has 0 aliphatic rings. The van der Waals surface area contributed by atoms with Crippen molar-refractivity contribution in [2.24, 2.45) is 0 Å². The van der Waals surface area contributed by atoms with Crippen LogP contribution in [0.2, 0.25) is 0 Å². The average molecular weight is 297 g/mol. The largest absolute Gasteiger partial charge is 0.481 e. The second kappa shape index (κ2) is 9.39. The average Bonchev–Trinajstić information content (AvgIpc) is 2.41. The summed E-state index contributed by atoms with van der Waals surface area (Å²) in [7, 11) is 1.56. The van der Waals surface area contributed by atoms with Crippen molar-refractivity contribution >= 4 is 29.3 Å². The molecule has 0 aliphatic heterocycles. The van der Waals surface area contributed by atoms with Gasteiger partial charge in [-0.15, -0.1) is 0 Å². The topological polar surface area (TPSA) is 75.6 Å². The molecule has 0 bridgehead atoms. The first-order valence-electron chi connectivity index (χ1n) is 6.29. The molecule has 6 heteroatoms. The fourth-order valence-electron chi connectivity index (χ4n) is 1.51. The zero-order valence-corrected chi connectivity index (χ0v) is 12.2. The Morgan fingerprint density at radius 2 is 2.15 bits per heavy atom. The Hall–Kier alpha value is -1.53. The molecule has 0 spiro atoms. The number of thioether (sulfide) groups is 1. The predicted octanol–water partition coefficient (Wildman–Crippen LogP) is 2.37. The third-order valence-electron chi connectivity index (χ3n) is 2.47. The molecule has 0 atom stereocenters. The number of anilines is 1. The van der Waals surface area contributed by atoms with E-state index >= 15 is 0 Å². The van der Waals surface area contributed by atoms with Gasteiger partial charge in [0, 0.05) is 24.3 Å². The normalized spacial score (nSPS) is 10.2. The Morgan fingerprint density at radius 1 is 1.35 bits per heavy atom. The van der Waals surface area contributed by atoms with Gasteiger partial charge in [0.15, 0.2) is 0 Å². The summed E-state index contributed by atoms with van der Waals surface area (Å²) in [6.07, 6.45) is 0.492. The number of hydrogen-bond acceptors (Lipinski definition) is 4. The lowest BCUT2D eigenvalue weighted by atomic mass is 10.2. The molecule has 0 fully saturated rings. The van der Waals surface area contributed by atoms with Crippen molar-refractivity contribution in [3.05, 3.63) is 29.8 Å². The maximum atomic E-state index is 11.6. The van der Waals surface area contributed by atoms with Gasteiger partial charge in [0.25, 0.3) is 0 Å². The number of aliphatic carboxylic acids is 1. The molecule has 20 heavy (non-hydrogen) atoms. The summed E-state index contributed by atoms with van der Waals surface area (Å²) in [4.78, 5) is 22.0. The lowest BCUT2D eigenvalue weighted by molar-refractivity contribution is -0.136. The summed E-state index contributed by atoms with van der Waals surface area (Å²) in [6.45, 7) is 0.399. The highest BCUT2D eigenvalue weighted by Gasteiger charge is 2.03. The van der Waals surface area contributed by atoms with Gasteiger partial charge < -0.3 is 15.2 Å². The first-order valence-corrected chi connectivity index (χ1v) is 7.44. The summed E-state index contributed by atoms with van der Waals surface area (Å²) < 4.78 is 4.85. The van der Waals surface area contributed by atoms with Crippen molar-refractivity contribution in [3.8, 4) is 0 Å². The number of methoxy groups -OCH3 is 1. The number of carbonyl (C=O) groups is 2. The zero-order valence-electron chi connectivity index (χ0n) is 11.4. The van der Waals surface area contributed by atoms with E-state index in [1.54, 1.807) is 18.9 Å². The van der Waals surface area contributed by atoms with E-state index in [9.17, 15) is 9.59 Å². The summed E-state index contributed by atoms with van der Waals surface area (Å²) in [6, 6.07) is 7.56. The van der Waals surface area contributed by atoms with Crippen molar-refractivity contribution in [2.75, 3.05) is 24.8 Å². The van der Waals surface area contributed by atoms with Gasteiger partial charge in [-0.1, -0.05) is 12.1 Å². The summed E-state index contributed by atoms with van der Waals surface area (Å²) >= 11 is 1.56. The second-order valence-corrected chi connectivity index (χ2v) is 5.29. The SMILES string of the molecule is COCCC(=O)Nc1cccc(CSCCC(=O)O)c1. The Bertz CT molecular complexity index is 451. The third kappa shape index (κ3) is 7.16. The van der Waals surface area contributed by atoms with E-state index in [1.807, 2.05) is 24.3 Å². The van der Waals surface area contributed by atoms with E-state index in [-0.39, 0.29) is 12.3 Å². The minimum Gasteiger partial charge on any atom is -0.481 e. The molecule has 5 nitrogen and oxygen atoms in total. The highest BCUT2D eigenvalue weighted by Crippen LogP contribution is 2.17. The van der Waals surface area contributed by atoms with Crippen molar-refractivity contribution < 1.29 is 19.4 Å². The van der Waals surface area contributed by atoms with E-state index in [4.69, 9.17) is 9.84 Å². The molecular weight excluding hydrogens is 278 g/mol. The van der Waals surface area contributed by atoms with Gasteiger partial charge in [-0.3, -0.25) is 9.59 Å². The lowest BCUT2D eigenvalue weighted by Crippen LogP contribution is -2.13. The van der Waals surface area contributed by atoms with Gasteiger partial charge in [0.1, 0.15) is 0 Å². The van der Waals surface area contributed by atoms with Crippen LogP contribution in [0.25, 0.3) is 0 Å². The van der Waals surface area contributed by atoms with Crippen molar-refractivity contribution in [1.29, 1.82) is 0 Å². The van der Waals surface area contributed by atoms with Crippen molar-refractivity contribution in [2.45, 2.75) is 18.6 Å². The third-order valence-corrected chi connectivity index (χ3v) is 3.50. The van der Waals surface area contributed by atoms with Crippen LogP contribution in [0.5, 0.6) is 0 Å². The van der Waals surface area contributed by atoms with E-state index in [0.717, 1.165) is 17.0 Å². The van der Waals surface area contributed by atoms with Gasteiger partial charge in [-0.25, -0.2) is 0 Å². The van der Waals surface area contributed by atoms with Gasteiger partial charge in [0.2, 0.25) is 5.91 Å². The molecule has 2 N–H and O–H groups in total. The molecule has 1 amide bonds. The van der Waals surface area contributed by atoms with Crippen LogP contribution in [-0.4, -0.2) is 36.5 Å². The smallest absolute Gasteiger partial charge is 0.304 e. The number of ether oxygens (including phenoxy) is 1. The Morgan fingerprint density at radius 3 is 2.85 bits per heavy atom. The Balaban J connectivity index is 2.40. The van der Waals surface area contributed by atoms with Crippen LogP contribution in [0.1, 0.15) is 18.4 Å². The number of carbonyl (C=O) groups excluding carboxylic acids is 1. The second-order valence-electron chi connectivity index (χ2n) is 4.19. The van der Waals surface area contributed by atoms with Crippen molar-refractivity contribution in [3.63, 3.8) is 0 Å². The quantitative estimate of drug-likeness (QED) is 0.684. The molecule has 0 heterocycles. The van der Waals surface area contributed by atoms with Crippen LogP contribution in [-0.2, 0) is 20.1 Å². The minimum atomic E-state index is -0.781. The minimum absolute atomic E-state index is 0.0810. The first kappa shape index (κ1) is 16.5. The van der Waals surface area contributed by atoms with Crippen LogP contribution in [0.15, 0.2) is 24.3 Å². The number of carboxylic acids is 1. The predicted molar refractivity (Wildman–Crippen MR) is 80.0 cm³/mol. The summed E-state index contributed by atoms with van der Waals surface area (Å²) in [5.41, 5.74) is 1.81. The number of hydrogen-bond donors (Lipinski definition) is 2. The summed E-state index contributed by atoms with van der Waals surface area (Å²) in [5, 5.41) is 11.4. The Labute approximate surface area is 122 Å². The fourth-order valence-corrected chi connectivity index (χ4v) is 2.39. The number of amides is 1.